The summed E-state index contributed by atoms with van der Waals surface area (Å²) in [5.41, 5.74) is 3.91. The van der Waals surface area contributed by atoms with Crippen LogP contribution in [0.15, 0.2) is 18.2 Å². The number of anilines is 1. The molecule has 2 rings (SSSR count). The van der Waals surface area contributed by atoms with Crippen molar-refractivity contribution < 1.29 is 19.6 Å². The number of hydrogen-bond acceptors (Lipinski definition) is 5. The van der Waals surface area contributed by atoms with Gasteiger partial charge in [0.25, 0.3) is 11.6 Å². The summed E-state index contributed by atoms with van der Waals surface area (Å²) in [6.07, 6.45) is 3.14. The third-order valence-electron chi connectivity index (χ3n) is 4.50. The number of hydrogen-bond donors (Lipinski definition) is 2. The van der Waals surface area contributed by atoms with Gasteiger partial charge in [-0.25, -0.2) is 4.79 Å². The fourth-order valence-electron chi connectivity index (χ4n) is 3.05. The van der Waals surface area contributed by atoms with Crippen molar-refractivity contribution in [2.45, 2.75) is 37.6 Å². The van der Waals surface area contributed by atoms with E-state index < -0.39 is 22.3 Å². The number of nitro benzene ring substituents is 1. The molecule has 3 N–H and O–H groups in total. The van der Waals surface area contributed by atoms with Crippen LogP contribution >= 0.6 is 0 Å². The Hall–Kier alpha value is -2.64. The summed E-state index contributed by atoms with van der Waals surface area (Å²) >= 11 is 0. The van der Waals surface area contributed by atoms with E-state index in [0.29, 0.717) is 12.8 Å². The van der Waals surface area contributed by atoms with E-state index in [9.17, 15) is 24.8 Å². The Morgan fingerprint density at radius 1 is 1.30 bits per heavy atom. The van der Waals surface area contributed by atoms with E-state index in [4.69, 9.17) is 5.73 Å². The number of nitro groups is 1. The zero-order valence-corrected chi connectivity index (χ0v) is 12.8. The SMILES string of the molecule is CN(C(=O)c1ccc(N)c([N+](=O)[O-])c1)C1(C(=O)O)CCCCC1. The van der Waals surface area contributed by atoms with Gasteiger partial charge in [-0.1, -0.05) is 19.3 Å². The predicted octanol–water partition coefficient (Wildman–Crippen LogP) is 2.04. The van der Waals surface area contributed by atoms with E-state index in [1.54, 1.807) is 0 Å². The molecule has 0 unspecified atom stereocenters. The minimum Gasteiger partial charge on any atom is -0.479 e. The molecule has 0 saturated heterocycles. The average Bonchev–Trinajstić information content (AvgIpc) is 2.54. The summed E-state index contributed by atoms with van der Waals surface area (Å²) in [5.74, 6) is -1.60. The van der Waals surface area contributed by atoms with E-state index in [2.05, 4.69) is 0 Å². The van der Waals surface area contributed by atoms with Gasteiger partial charge in [0.2, 0.25) is 0 Å². The summed E-state index contributed by atoms with van der Waals surface area (Å²) < 4.78 is 0. The van der Waals surface area contributed by atoms with Gasteiger partial charge in [-0.05, 0) is 25.0 Å². The quantitative estimate of drug-likeness (QED) is 0.496. The molecule has 1 aromatic carbocycles. The number of amides is 1. The zero-order valence-electron chi connectivity index (χ0n) is 12.8. The molecule has 1 aromatic rings. The predicted molar refractivity (Wildman–Crippen MR) is 83.1 cm³/mol. The van der Waals surface area contributed by atoms with E-state index in [-0.39, 0.29) is 16.9 Å². The lowest BCUT2D eigenvalue weighted by atomic mass is 9.80. The van der Waals surface area contributed by atoms with Crippen molar-refractivity contribution in [2.24, 2.45) is 0 Å². The maximum atomic E-state index is 12.6. The highest BCUT2D eigenvalue weighted by atomic mass is 16.6. The molecular weight excluding hydrogens is 302 g/mol. The molecule has 23 heavy (non-hydrogen) atoms. The van der Waals surface area contributed by atoms with Gasteiger partial charge in [0, 0.05) is 18.7 Å². The maximum Gasteiger partial charge on any atom is 0.329 e. The average molecular weight is 321 g/mol. The first-order chi connectivity index (χ1) is 10.8. The molecular formula is C15H19N3O5. The van der Waals surface area contributed by atoms with Crippen molar-refractivity contribution >= 4 is 23.3 Å². The topological polar surface area (TPSA) is 127 Å². The van der Waals surface area contributed by atoms with Crippen molar-refractivity contribution in [1.82, 2.24) is 4.90 Å². The van der Waals surface area contributed by atoms with Crippen LogP contribution < -0.4 is 5.73 Å². The van der Waals surface area contributed by atoms with Crippen LogP contribution in [-0.4, -0.2) is 39.4 Å². The van der Waals surface area contributed by atoms with Crippen molar-refractivity contribution in [3.8, 4) is 0 Å². The standard InChI is InChI=1S/C15H19N3O5/c1-17(15(14(20)21)7-3-2-4-8-15)13(19)10-5-6-11(16)12(9-10)18(22)23/h5-6,9H,2-4,7-8,16H2,1H3,(H,20,21). The number of carboxylic acid groups (broad SMARTS) is 1. The normalized spacial score (nSPS) is 16.6. The molecule has 8 nitrogen and oxygen atoms in total. The van der Waals surface area contributed by atoms with Crippen molar-refractivity contribution in [3.63, 3.8) is 0 Å². The molecule has 1 aliphatic rings. The molecule has 124 valence electrons. The number of rotatable bonds is 4. The van der Waals surface area contributed by atoms with Gasteiger partial charge in [0.05, 0.1) is 4.92 Å². The van der Waals surface area contributed by atoms with Gasteiger partial charge in [-0.2, -0.15) is 0 Å². The molecule has 0 heterocycles. The van der Waals surface area contributed by atoms with E-state index in [0.717, 1.165) is 25.3 Å². The number of carboxylic acids is 1. The first-order valence-electron chi connectivity index (χ1n) is 7.35. The monoisotopic (exact) mass is 321 g/mol. The molecule has 0 aliphatic heterocycles. The summed E-state index contributed by atoms with van der Waals surface area (Å²) in [6.45, 7) is 0. The summed E-state index contributed by atoms with van der Waals surface area (Å²) in [4.78, 5) is 35.9. The van der Waals surface area contributed by atoms with Crippen LogP contribution in [0.1, 0.15) is 42.5 Å². The Bertz CT molecular complexity index is 653. The van der Waals surface area contributed by atoms with E-state index in [1.165, 1.54) is 24.1 Å². The second-order valence-corrected chi connectivity index (χ2v) is 5.79. The highest BCUT2D eigenvalue weighted by Gasteiger charge is 2.45. The Morgan fingerprint density at radius 3 is 2.43 bits per heavy atom. The number of nitrogens with zero attached hydrogens (tertiary/aromatic N) is 2. The van der Waals surface area contributed by atoms with Crippen LogP contribution in [0.25, 0.3) is 0 Å². The number of carbonyl (C=O) groups is 2. The van der Waals surface area contributed by atoms with Crippen molar-refractivity contribution in [2.75, 3.05) is 12.8 Å². The molecule has 1 amide bonds. The molecule has 0 radical (unpaired) electrons. The zero-order chi connectivity index (χ0) is 17.2. The van der Waals surface area contributed by atoms with Gasteiger partial charge in [-0.15, -0.1) is 0 Å². The van der Waals surface area contributed by atoms with Crippen LogP contribution in [0.2, 0.25) is 0 Å². The minimum absolute atomic E-state index is 0.0418. The fraction of sp³-hybridized carbons (Fsp3) is 0.467. The van der Waals surface area contributed by atoms with Crippen LogP contribution in [0.5, 0.6) is 0 Å². The van der Waals surface area contributed by atoms with E-state index >= 15 is 0 Å². The Balaban J connectivity index is 2.37. The lowest BCUT2D eigenvalue weighted by Crippen LogP contribution is -2.56. The van der Waals surface area contributed by atoms with Crippen LogP contribution in [0.3, 0.4) is 0 Å². The summed E-state index contributed by atoms with van der Waals surface area (Å²) in [7, 11) is 1.43. The molecule has 1 saturated carbocycles. The lowest BCUT2D eigenvalue weighted by molar-refractivity contribution is -0.383. The highest BCUT2D eigenvalue weighted by molar-refractivity contribution is 5.98. The van der Waals surface area contributed by atoms with Gasteiger partial charge >= 0.3 is 5.97 Å². The van der Waals surface area contributed by atoms with Crippen LogP contribution in [0.4, 0.5) is 11.4 Å². The highest BCUT2D eigenvalue weighted by Crippen LogP contribution is 2.34. The first-order valence-corrected chi connectivity index (χ1v) is 7.35. The van der Waals surface area contributed by atoms with Crippen molar-refractivity contribution in [3.05, 3.63) is 33.9 Å². The van der Waals surface area contributed by atoms with Crippen molar-refractivity contribution in [1.29, 1.82) is 0 Å². The number of benzene rings is 1. The Labute approximate surface area is 133 Å². The van der Waals surface area contributed by atoms with Gasteiger partial charge < -0.3 is 15.7 Å². The summed E-state index contributed by atoms with van der Waals surface area (Å²) in [5, 5.41) is 20.6. The number of aliphatic carboxylic acids is 1. The maximum absolute atomic E-state index is 12.6. The Kier molecular flexibility index (Phi) is 4.53. The molecule has 0 spiro atoms. The molecule has 1 fully saturated rings. The second kappa shape index (κ2) is 6.23. The smallest absolute Gasteiger partial charge is 0.329 e. The van der Waals surface area contributed by atoms with Crippen LogP contribution in [0, 0.1) is 10.1 Å². The van der Waals surface area contributed by atoms with Crippen LogP contribution in [-0.2, 0) is 4.79 Å². The molecule has 1 aliphatic carbocycles. The molecule has 8 heteroatoms. The van der Waals surface area contributed by atoms with Gasteiger partial charge in [0.15, 0.2) is 0 Å². The third kappa shape index (κ3) is 2.96. The number of carbonyl (C=O) groups excluding carboxylic acids is 1. The number of likely N-dealkylation sites (N-methyl/N-ethyl adjacent to an activating group) is 1. The lowest BCUT2D eigenvalue weighted by Gasteiger charge is -2.41. The van der Waals surface area contributed by atoms with Gasteiger partial charge in [0.1, 0.15) is 11.2 Å². The summed E-state index contributed by atoms with van der Waals surface area (Å²) in [6, 6.07) is 3.75. The molecule has 0 atom stereocenters. The Morgan fingerprint density at radius 2 is 1.91 bits per heavy atom. The second-order valence-electron chi connectivity index (χ2n) is 5.79. The first kappa shape index (κ1) is 16.7. The minimum atomic E-state index is -1.26. The largest absolute Gasteiger partial charge is 0.479 e. The third-order valence-corrected chi connectivity index (χ3v) is 4.50. The van der Waals surface area contributed by atoms with E-state index in [1.807, 2.05) is 0 Å². The van der Waals surface area contributed by atoms with Gasteiger partial charge in [-0.3, -0.25) is 14.9 Å². The molecule has 0 aromatic heterocycles. The number of nitrogens with two attached hydrogens (primary N) is 1. The molecule has 0 bridgehead atoms. The fourth-order valence-corrected chi connectivity index (χ4v) is 3.05. The number of nitrogen functional groups attached to an aromatic ring is 1.